The first-order chi connectivity index (χ1) is 12.1. The van der Waals surface area contributed by atoms with Crippen LogP contribution in [0.15, 0.2) is 53.9 Å². The molecule has 0 unspecified atom stereocenters. The molecule has 2 aromatic carbocycles. The maximum absolute atomic E-state index is 9.59. The molecular weight excluding hydrogens is 312 g/mol. The molecule has 4 N–H and O–H groups in total. The van der Waals surface area contributed by atoms with Gasteiger partial charge in [-0.15, -0.1) is 0 Å². The second kappa shape index (κ2) is 6.78. The first kappa shape index (κ1) is 16.7. The van der Waals surface area contributed by atoms with Crippen molar-refractivity contribution in [3.63, 3.8) is 0 Å². The van der Waals surface area contributed by atoms with Gasteiger partial charge in [0.2, 0.25) is 5.88 Å². The van der Waals surface area contributed by atoms with E-state index in [1.807, 2.05) is 24.3 Å². The monoisotopic (exact) mass is 334 g/mol. The molecule has 128 valence electrons. The van der Waals surface area contributed by atoms with Gasteiger partial charge in [-0.25, -0.2) is 0 Å². The molecule has 5 nitrogen and oxygen atoms in total. The van der Waals surface area contributed by atoms with Crippen LogP contribution in [0.5, 0.6) is 5.75 Å². The lowest BCUT2D eigenvalue weighted by atomic mass is 9.83. The van der Waals surface area contributed by atoms with Crippen molar-refractivity contribution < 1.29 is 4.74 Å². The van der Waals surface area contributed by atoms with E-state index in [1.54, 1.807) is 6.07 Å². The number of nitriles is 1. The zero-order chi connectivity index (χ0) is 18.0. The van der Waals surface area contributed by atoms with Gasteiger partial charge in [0.05, 0.1) is 5.92 Å². The Morgan fingerprint density at radius 2 is 1.76 bits per heavy atom. The van der Waals surface area contributed by atoms with Gasteiger partial charge in [-0.05, 0) is 37.6 Å². The lowest BCUT2D eigenvalue weighted by Gasteiger charge is -2.27. The van der Waals surface area contributed by atoms with Crippen molar-refractivity contribution in [2.75, 3.05) is 23.7 Å². The molecule has 25 heavy (non-hydrogen) atoms. The Labute approximate surface area is 148 Å². The predicted molar refractivity (Wildman–Crippen MR) is 100 cm³/mol. The fourth-order valence-corrected chi connectivity index (χ4v) is 3.28. The number of nitrogen functional groups attached to an aromatic ring is 1. The summed E-state index contributed by atoms with van der Waals surface area (Å²) in [5, 5.41) is 9.59. The predicted octanol–water partition coefficient (Wildman–Crippen LogP) is 3.33. The third-order valence-corrected chi connectivity index (χ3v) is 4.60. The van der Waals surface area contributed by atoms with Crippen LogP contribution in [0, 0.1) is 11.3 Å². The van der Waals surface area contributed by atoms with Gasteiger partial charge >= 0.3 is 0 Å². The molecule has 0 amide bonds. The van der Waals surface area contributed by atoms with Crippen LogP contribution in [0.25, 0.3) is 0 Å². The normalized spacial score (nSPS) is 16.0. The zero-order valence-corrected chi connectivity index (χ0v) is 14.5. The van der Waals surface area contributed by atoms with Crippen molar-refractivity contribution in [2.45, 2.75) is 19.8 Å². The molecule has 0 bridgehead atoms. The van der Waals surface area contributed by atoms with Gasteiger partial charge in [-0.2, -0.15) is 5.26 Å². The number of nitrogens with two attached hydrogens (primary N) is 2. The zero-order valence-electron chi connectivity index (χ0n) is 14.5. The van der Waals surface area contributed by atoms with Crippen molar-refractivity contribution >= 4 is 11.4 Å². The third kappa shape index (κ3) is 2.99. The number of fused-ring (bicyclic) bond motifs is 1. The van der Waals surface area contributed by atoms with Crippen LogP contribution >= 0.6 is 0 Å². The average molecular weight is 334 g/mol. The van der Waals surface area contributed by atoms with E-state index < -0.39 is 0 Å². The van der Waals surface area contributed by atoms with Crippen LogP contribution in [0.4, 0.5) is 11.4 Å². The fourth-order valence-electron chi connectivity index (χ4n) is 3.28. The second-order valence-corrected chi connectivity index (χ2v) is 5.99. The number of anilines is 2. The molecule has 0 saturated carbocycles. The van der Waals surface area contributed by atoms with E-state index >= 15 is 0 Å². The van der Waals surface area contributed by atoms with Crippen LogP contribution in [-0.2, 0) is 0 Å². The number of ether oxygens (including phenoxy) is 1. The maximum Gasteiger partial charge on any atom is 0.205 e. The molecule has 0 radical (unpaired) electrons. The Balaban J connectivity index is 2.07. The van der Waals surface area contributed by atoms with E-state index in [4.69, 9.17) is 16.2 Å². The number of rotatable bonds is 4. The summed E-state index contributed by atoms with van der Waals surface area (Å²) in [7, 11) is 0. The second-order valence-electron chi connectivity index (χ2n) is 5.99. The van der Waals surface area contributed by atoms with E-state index in [9.17, 15) is 5.26 Å². The summed E-state index contributed by atoms with van der Waals surface area (Å²) in [6.07, 6.45) is 0. The van der Waals surface area contributed by atoms with E-state index in [0.29, 0.717) is 17.0 Å². The highest BCUT2D eigenvalue weighted by molar-refractivity contribution is 5.60. The van der Waals surface area contributed by atoms with E-state index in [1.165, 1.54) is 0 Å². The quantitative estimate of drug-likeness (QED) is 0.837. The molecule has 5 heteroatoms. The van der Waals surface area contributed by atoms with Gasteiger partial charge in [0.25, 0.3) is 0 Å². The van der Waals surface area contributed by atoms with Crippen LogP contribution < -0.4 is 21.1 Å². The smallest absolute Gasteiger partial charge is 0.205 e. The SMILES string of the molecule is CCN(CC)c1ccc([C@H]2C(C#N)=C(N)Oc3cc(N)ccc32)cc1. The molecule has 0 spiro atoms. The minimum Gasteiger partial charge on any atom is -0.440 e. The molecule has 1 heterocycles. The Morgan fingerprint density at radius 1 is 1.08 bits per heavy atom. The van der Waals surface area contributed by atoms with Crippen molar-refractivity contribution in [3.8, 4) is 11.8 Å². The molecule has 2 aromatic rings. The highest BCUT2D eigenvalue weighted by Crippen LogP contribution is 2.42. The molecule has 0 saturated heterocycles. The first-order valence-corrected chi connectivity index (χ1v) is 8.40. The van der Waals surface area contributed by atoms with Gasteiger partial charge in [0, 0.05) is 36.1 Å². The number of hydrogen-bond acceptors (Lipinski definition) is 5. The van der Waals surface area contributed by atoms with Crippen LogP contribution in [-0.4, -0.2) is 13.1 Å². The molecule has 1 aliphatic rings. The molecular formula is C20H22N4O. The largest absolute Gasteiger partial charge is 0.440 e. The lowest BCUT2D eigenvalue weighted by Crippen LogP contribution is -2.22. The van der Waals surface area contributed by atoms with Gasteiger partial charge in [0.1, 0.15) is 17.4 Å². The Kier molecular flexibility index (Phi) is 4.53. The van der Waals surface area contributed by atoms with Crippen LogP contribution in [0.3, 0.4) is 0 Å². The van der Waals surface area contributed by atoms with Gasteiger partial charge < -0.3 is 21.1 Å². The van der Waals surface area contributed by atoms with Gasteiger partial charge in [0.15, 0.2) is 0 Å². The minimum absolute atomic E-state index is 0.137. The average Bonchev–Trinajstić information content (AvgIpc) is 2.62. The third-order valence-electron chi connectivity index (χ3n) is 4.60. The summed E-state index contributed by atoms with van der Waals surface area (Å²) < 4.78 is 5.61. The molecule has 0 aromatic heterocycles. The maximum atomic E-state index is 9.59. The summed E-state index contributed by atoms with van der Waals surface area (Å²) in [5.74, 6) is 0.493. The highest BCUT2D eigenvalue weighted by Gasteiger charge is 2.30. The van der Waals surface area contributed by atoms with Crippen molar-refractivity contribution in [2.24, 2.45) is 5.73 Å². The standard InChI is InChI=1S/C20H22N4O/c1-3-24(4-2)15-8-5-13(6-9-15)19-16-10-7-14(22)11-18(16)25-20(23)17(19)12-21/h5-11,19H,3-4,22-23H2,1-2H3/t19-/m1/s1. The van der Waals surface area contributed by atoms with Gasteiger partial charge in [-0.1, -0.05) is 18.2 Å². The van der Waals surface area contributed by atoms with E-state index in [0.717, 1.165) is 29.9 Å². The molecule has 0 aliphatic carbocycles. The number of allylic oxidation sites excluding steroid dienone is 1. The van der Waals surface area contributed by atoms with Crippen molar-refractivity contribution in [1.29, 1.82) is 5.26 Å². The summed E-state index contributed by atoms with van der Waals surface area (Å²) >= 11 is 0. The Hall–Kier alpha value is -3.13. The summed E-state index contributed by atoms with van der Waals surface area (Å²) in [6, 6.07) is 15.9. The summed E-state index contributed by atoms with van der Waals surface area (Å²) in [6.45, 7) is 6.17. The highest BCUT2D eigenvalue weighted by atomic mass is 16.5. The van der Waals surface area contributed by atoms with E-state index in [2.05, 4.69) is 36.9 Å². The minimum atomic E-state index is -0.250. The molecule has 3 rings (SSSR count). The van der Waals surface area contributed by atoms with Gasteiger partial charge in [-0.3, -0.25) is 0 Å². The molecule has 1 atom stereocenters. The number of benzene rings is 2. The Bertz CT molecular complexity index is 845. The summed E-state index contributed by atoms with van der Waals surface area (Å²) in [4.78, 5) is 2.28. The number of hydrogen-bond donors (Lipinski definition) is 2. The summed E-state index contributed by atoms with van der Waals surface area (Å²) in [5.41, 5.74) is 15.9. The number of nitrogens with zero attached hydrogens (tertiary/aromatic N) is 2. The Morgan fingerprint density at radius 3 is 2.36 bits per heavy atom. The van der Waals surface area contributed by atoms with Crippen molar-refractivity contribution in [1.82, 2.24) is 0 Å². The first-order valence-electron chi connectivity index (χ1n) is 8.40. The van der Waals surface area contributed by atoms with Crippen LogP contribution in [0.2, 0.25) is 0 Å². The van der Waals surface area contributed by atoms with E-state index in [-0.39, 0.29) is 11.8 Å². The fraction of sp³-hybridized carbons (Fsp3) is 0.250. The lowest BCUT2D eigenvalue weighted by molar-refractivity contribution is 0.394. The molecule has 0 fully saturated rings. The topological polar surface area (TPSA) is 88.3 Å². The molecule has 1 aliphatic heterocycles. The van der Waals surface area contributed by atoms with Crippen molar-refractivity contribution in [3.05, 3.63) is 65.0 Å². The van der Waals surface area contributed by atoms with Crippen LogP contribution in [0.1, 0.15) is 30.9 Å².